The molecule has 12 heavy (non-hydrogen) atoms. The van der Waals surface area contributed by atoms with E-state index in [0.29, 0.717) is 12.9 Å². The van der Waals surface area contributed by atoms with Crippen molar-refractivity contribution in [2.75, 3.05) is 13.2 Å². The van der Waals surface area contributed by atoms with Crippen molar-refractivity contribution in [3.63, 3.8) is 0 Å². The van der Waals surface area contributed by atoms with Gasteiger partial charge in [0.1, 0.15) is 6.29 Å². The SMILES string of the molecule is CCCCCOC(=O)NCC=O. The van der Waals surface area contributed by atoms with Gasteiger partial charge >= 0.3 is 6.09 Å². The van der Waals surface area contributed by atoms with Crippen LogP contribution in [-0.2, 0) is 9.53 Å². The van der Waals surface area contributed by atoms with Crippen LogP contribution in [0.4, 0.5) is 4.79 Å². The summed E-state index contributed by atoms with van der Waals surface area (Å²) in [6.45, 7) is 2.53. The number of carbonyl (C=O) groups is 2. The predicted molar refractivity (Wildman–Crippen MR) is 44.9 cm³/mol. The topological polar surface area (TPSA) is 55.4 Å². The van der Waals surface area contributed by atoms with Crippen LogP contribution in [-0.4, -0.2) is 25.5 Å². The highest BCUT2D eigenvalue weighted by atomic mass is 16.5. The fraction of sp³-hybridized carbons (Fsp3) is 0.750. The van der Waals surface area contributed by atoms with Gasteiger partial charge in [0.2, 0.25) is 0 Å². The van der Waals surface area contributed by atoms with Gasteiger partial charge in [0, 0.05) is 0 Å². The van der Waals surface area contributed by atoms with Gasteiger partial charge in [-0.25, -0.2) is 4.79 Å². The summed E-state index contributed by atoms with van der Waals surface area (Å²) in [6, 6.07) is 0. The predicted octanol–water partition coefficient (Wildman–Crippen LogP) is 1.10. The van der Waals surface area contributed by atoms with E-state index in [1.807, 2.05) is 0 Å². The summed E-state index contributed by atoms with van der Waals surface area (Å²) in [5.74, 6) is 0. The second-order valence-electron chi connectivity index (χ2n) is 2.39. The summed E-state index contributed by atoms with van der Waals surface area (Å²) >= 11 is 0. The van der Waals surface area contributed by atoms with Gasteiger partial charge in [-0.1, -0.05) is 19.8 Å². The summed E-state index contributed by atoms with van der Waals surface area (Å²) in [4.78, 5) is 20.5. The molecule has 0 rings (SSSR count). The Labute approximate surface area is 72.3 Å². The number of unbranched alkanes of at least 4 members (excludes halogenated alkanes) is 2. The lowest BCUT2D eigenvalue weighted by Crippen LogP contribution is -2.26. The van der Waals surface area contributed by atoms with Gasteiger partial charge in [-0.05, 0) is 6.42 Å². The van der Waals surface area contributed by atoms with Crippen molar-refractivity contribution in [3.05, 3.63) is 0 Å². The monoisotopic (exact) mass is 173 g/mol. The van der Waals surface area contributed by atoms with E-state index < -0.39 is 6.09 Å². The normalized spacial score (nSPS) is 9.08. The van der Waals surface area contributed by atoms with Gasteiger partial charge in [-0.2, -0.15) is 0 Å². The minimum absolute atomic E-state index is 0.0204. The molecule has 70 valence electrons. The Bertz CT molecular complexity index is 136. The minimum atomic E-state index is -0.516. The second kappa shape index (κ2) is 8.04. The molecule has 0 aliphatic rings. The molecular formula is C8H15NO3. The van der Waals surface area contributed by atoms with Crippen LogP contribution >= 0.6 is 0 Å². The van der Waals surface area contributed by atoms with Crippen molar-refractivity contribution in [2.24, 2.45) is 0 Å². The van der Waals surface area contributed by atoms with Crippen LogP contribution < -0.4 is 5.32 Å². The van der Waals surface area contributed by atoms with Crippen molar-refractivity contribution in [1.82, 2.24) is 5.32 Å². The molecule has 0 aliphatic carbocycles. The first-order valence-electron chi connectivity index (χ1n) is 4.15. The van der Waals surface area contributed by atoms with Gasteiger partial charge in [0.25, 0.3) is 0 Å². The first-order chi connectivity index (χ1) is 5.81. The number of rotatable bonds is 6. The summed E-state index contributed by atoms with van der Waals surface area (Å²) in [6.07, 6.45) is 3.14. The Hall–Kier alpha value is -1.06. The van der Waals surface area contributed by atoms with Crippen LogP contribution in [0.5, 0.6) is 0 Å². The molecular weight excluding hydrogens is 158 g/mol. The van der Waals surface area contributed by atoms with E-state index in [2.05, 4.69) is 12.2 Å². The van der Waals surface area contributed by atoms with E-state index in [0.717, 1.165) is 19.3 Å². The number of aldehydes is 1. The third-order valence-electron chi connectivity index (χ3n) is 1.31. The van der Waals surface area contributed by atoms with Crippen LogP contribution in [0.15, 0.2) is 0 Å². The lowest BCUT2D eigenvalue weighted by Gasteiger charge is -2.03. The summed E-state index contributed by atoms with van der Waals surface area (Å²) in [5.41, 5.74) is 0. The molecule has 0 aliphatic heterocycles. The first kappa shape index (κ1) is 10.9. The highest BCUT2D eigenvalue weighted by molar-refractivity contribution is 5.70. The largest absolute Gasteiger partial charge is 0.450 e. The second-order valence-corrected chi connectivity index (χ2v) is 2.39. The van der Waals surface area contributed by atoms with Crippen LogP contribution in [0.2, 0.25) is 0 Å². The van der Waals surface area contributed by atoms with E-state index >= 15 is 0 Å². The van der Waals surface area contributed by atoms with Gasteiger partial charge in [-0.15, -0.1) is 0 Å². The van der Waals surface area contributed by atoms with Gasteiger partial charge in [-0.3, -0.25) is 0 Å². The van der Waals surface area contributed by atoms with Gasteiger partial charge < -0.3 is 14.8 Å². The van der Waals surface area contributed by atoms with Crippen molar-refractivity contribution >= 4 is 12.4 Å². The van der Waals surface area contributed by atoms with Gasteiger partial charge in [0.15, 0.2) is 0 Å². The zero-order valence-corrected chi connectivity index (χ0v) is 7.34. The zero-order chi connectivity index (χ0) is 9.23. The number of nitrogens with one attached hydrogen (secondary N) is 1. The Morgan fingerprint density at radius 1 is 1.50 bits per heavy atom. The lowest BCUT2D eigenvalue weighted by molar-refractivity contribution is -0.107. The quantitative estimate of drug-likeness (QED) is 0.483. The molecule has 4 nitrogen and oxygen atoms in total. The number of amides is 1. The average Bonchev–Trinajstić information content (AvgIpc) is 2.09. The minimum Gasteiger partial charge on any atom is -0.450 e. The molecule has 0 saturated carbocycles. The maximum absolute atomic E-state index is 10.7. The molecule has 0 heterocycles. The summed E-state index contributed by atoms with van der Waals surface area (Å²) in [7, 11) is 0. The molecule has 1 amide bonds. The maximum atomic E-state index is 10.7. The standard InChI is InChI=1S/C8H15NO3/c1-2-3-4-7-12-8(11)9-5-6-10/h6H,2-5,7H2,1H3,(H,9,11). The Morgan fingerprint density at radius 3 is 2.83 bits per heavy atom. The number of hydrogen-bond acceptors (Lipinski definition) is 3. The van der Waals surface area contributed by atoms with Crippen LogP contribution in [0, 0.1) is 0 Å². The lowest BCUT2D eigenvalue weighted by atomic mass is 10.3. The molecule has 0 radical (unpaired) electrons. The molecule has 0 aromatic heterocycles. The zero-order valence-electron chi connectivity index (χ0n) is 7.34. The molecule has 0 saturated heterocycles. The number of ether oxygens (including phenoxy) is 1. The van der Waals surface area contributed by atoms with Crippen molar-refractivity contribution < 1.29 is 14.3 Å². The number of hydrogen-bond donors (Lipinski definition) is 1. The highest BCUT2D eigenvalue weighted by Gasteiger charge is 1.98. The molecule has 0 aromatic rings. The molecule has 0 aromatic carbocycles. The fourth-order valence-corrected chi connectivity index (χ4v) is 0.693. The molecule has 0 atom stereocenters. The number of alkyl carbamates (subject to hydrolysis) is 1. The van der Waals surface area contributed by atoms with E-state index in [-0.39, 0.29) is 6.54 Å². The van der Waals surface area contributed by atoms with Crippen LogP contribution in [0.1, 0.15) is 26.2 Å². The van der Waals surface area contributed by atoms with E-state index in [9.17, 15) is 9.59 Å². The smallest absolute Gasteiger partial charge is 0.407 e. The maximum Gasteiger partial charge on any atom is 0.407 e. The molecule has 0 spiro atoms. The summed E-state index contributed by atoms with van der Waals surface area (Å²) in [5, 5.41) is 2.28. The number of carbonyl (C=O) groups excluding carboxylic acids is 2. The first-order valence-corrected chi connectivity index (χ1v) is 4.15. The van der Waals surface area contributed by atoms with Crippen molar-refractivity contribution in [2.45, 2.75) is 26.2 Å². The van der Waals surface area contributed by atoms with Crippen molar-refractivity contribution in [3.8, 4) is 0 Å². The van der Waals surface area contributed by atoms with E-state index in [1.54, 1.807) is 0 Å². The van der Waals surface area contributed by atoms with Crippen LogP contribution in [0.3, 0.4) is 0 Å². The summed E-state index contributed by atoms with van der Waals surface area (Å²) < 4.78 is 4.74. The average molecular weight is 173 g/mol. The molecule has 0 fully saturated rings. The van der Waals surface area contributed by atoms with Gasteiger partial charge in [0.05, 0.1) is 13.2 Å². The van der Waals surface area contributed by atoms with E-state index in [4.69, 9.17) is 4.74 Å². The van der Waals surface area contributed by atoms with Crippen molar-refractivity contribution in [1.29, 1.82) is 0 Å². The van der Waals surface area contributed by atoms with E-state index in [1.165, 1.54) is 0 Å². The Balaban J connectivity index is 3.13. The third kappa shape index (κ3) is 7.05. The third-order valence-corrected chi connectivity index (χ3v) is 1.31. The molecule has 1 N–H and O–H groups in total. The highest BCUT2D eigenvalue weighted by Crippen LogP contribution is 1.93. The Kier molecular flexibility index (Phi) is 7.33. The molecule has 4 heteroatoms. The fourth-order valence-electron chi connectivity index (χ4n) is 0.693. The Morgan fingerprint density at radius 2 is 2.25 bits per heavy atom. The molecule has 0 unspecified atom stereocenters. The van der Waals surface area contributed by atoms with Crippen LogP contribution in [0.25, 0.3) is 0 Å². The molecule has 0 bridgehead atoms.